The molecule has 3 aromatic rings. The van der Waals surface area contributed by atoms with Gasteiger partial charge in [0.2, 0.25) is 0 Å². The smallest absolute Gasteiger partial charge is 0.170 e. The molecule has 2 aromatic heterocycles. The average Bonchev–Trinajstić information content (AvgIpc) is 3.26. The molecule has 0 spiro atoms. The molecule has 3 heterocycles. The van der Waals surface area contributed by atoms with E-state index in [4.69, 9.17) is 28.6 Å². The van der Waals surface area contributed by atoms with Gasteiger partial charge in [-0.25, -0.2) is 0 Å². The summed E-state index contributed by atoms with van der Waals surface area (Å²) in [5, 5.41) is 5.06. The Hall–Kier alpha value is -2.41. The lowest BCUT2D eigenvalue weighted by molar-refractivity contribution is 0.180. The second-order valence-electron chi connectivity index (χ2n) is 8.21. The predicted molar refractivity (Wildman–Crippen MR) is 134 cm³/mol. The van der Waals surface area contributed by atoms with Crippen LogP contribution < -0.4 is 5.32 Å². The van der Waals surface area contributed by atoms with Crippen molar-refractivity contribution >= 4 is 28.9 Å². The molecule has 1 N–H and O–H groups in total. The van der Waals surface area contributed by atoms with Crippen LogP contribution in [0.5, 0.6) is 0 Å². The molecule has 2 atom stereocenters. The van der Waals surface area contributed by atoms with Gasteiger partial charge in [0.25, 0.3) is 0 Å². The fourth-order valence-corrected chi connectivity index (χ4v) is 5.16. The van der Waals surface area contributed by atoms with E-state index in [-0.39, 0.29) is 12.1 Å². The van der Waals surface area contributed by atoms with Gasteiger partial charge in [0.1, 0.15) is 0 Å². The van der Waals surface area contributed by atoms with E-state index < -0.39 is 0 Å². The molecule has 1 saturated heterocycles. The highest BCUT2D eigenvalue weighted by Gasteiger charge is 2.41. The number of nitrogens with zero attached hydrogens (tertiary/aromatic N) is 3. The summed E-state index contributed by atoms with van der Waals surface area (Å²) in [6.07, 6.45) is 2.74. The number of nitrogens with one attached hydrogen (secondary N) is 1. The number of hydrogen-bond acceptors (Lipinski definition) is 3. The summed E-state index contributed by atoms with van der Waals surface area (Å²) >= 11 is 12.2. The molecular formula is C25H29ClN4OS. The summed E-state index contributed by atoms with van der Waals surface area (Å²) < 4.78 is 7.59. The zero-order valence-electron chi connectivity index (χ0n) is 18.9. The summed E-state index contributed by atoms with van der Waals surface area (Å²) in [4.78, 5) is 6.93. The van der Waals surface area contributed by atoms with Crippen LogP contribution in [0.2, 0.25) is 5.02 Å². The van der Waals surface area contributed by atoms with Crippen molar-refractivity contribution in [2.45, 2.75) is 39.3 Å². The molecule has 1 aliphatic heterocycles. The molecule has 7 heteroatoms. The van der Waals surface area contributed by atoms with Crippen LogP contribution in [0.15, 0.2) is 48.7 Å². The Labute approximate surface area is 200 Å². The molecule has 4 rings (SSSR count). The second-order valence-corrected chi connectivity index (χ2v) is 9.01. The quantitative estimate of drug-likeness (QED) is 0.368. The lowest BCUT2D eigenvalue weighted by Crippen LogP contribution is -2.31. The number of rotatable bonds is 7. The van der Waals surface area contributed by atoms with Gasteiger partial charge in [-0.05, 0) is 80.9 Å². The van der Waals surface area contributed by atoms with E-state index in [2.05, 4.69) is 58.7 Å². The minimum atomic E-state index is -0.0272. The van der Waals surface area contributed by atoms with Gasteiger partial charge in [-0.2, -0.15) is 0 Å². The highest BCUT2D eigenvalue weighted by Crippen LogP contribution is 2.41. The lowest BCUT2D eigenvalue weighted by Gasteiger charge is -2.28. The largest absolute Gasteiger partial charge is 0.385 e. The Kier molecular flexibility index (Phi) is 6.84. The molecule has 1 aromatic carbocycles. The minimum Gasteiger partial charge on any atom is -0.385 e. The monoisotopic (exact) mass is 468 g/mol. The van der Waals surface area contributed by atoms with Gasteiger partial charge >= 0.3 is 0 Å². The molecule has 5 nitrogen and oxygen atoms in total. The number of aromatic nitrogens is 2. The first-order chi connectivity index (χ1) is 15.4. The van der Waals surface area contributed by atoms with Gasteiger partial charge < -0.3 is 19.5 Å². The number of benzene rings is 1. The summed E-state index contributed by atoms with van der Waals surface area (Å²) in [6, 6.07) is 14.4. The predicted octanol–water partition coefficient (Wildman–Crippen LogP) is 5.46. The summed E-state index contributed by atoms with van der Waals surface area (Å²) in [7, 11) is 1.73. The Morgan fingerprint density at radius 3 is 2.69 bits per heavy atom. The lowest BCUT2D eigenvalue weighted by atomic mass is 9.96. The average molecular weight is 469 g/mol. The van der Waals surface area contributed by atoms with Crippen LogP contribution in [0.1, 0.15) is 46.7 Å². The van der Waals surface area contributed by atoms with Crippen LogP contribution >= 0.6 is 23.8 Å². The van der Waals surface area contributed by atoms with E-state index in [1.807, 2.05) is 30.5 Å². The topological polar surface area (TPSA) is 42.3 Å². The maximum absolute atomic E-state index is 6.45. The number of thiocarbonyl (C=S) groups is 1. The Morgan fingerprint density at radius 1 is 1.16 bits per heavy atom. The SMILES string of the molecule is COCCCN1C(=S)N[C@@H](c2ccccn2)[C@H]1c1cc(C)n(-c2cccc(Cl)c2C)c1C. The zero-order chi connectivity index (χ0) is 22.8. The fraction of sp³-hybridized carbons (Fsp3) is 0.360. The van der Waals surface area contributed by atoms with Crippen LogP contribution in [0.4, 0.5) is 0 Å². The van der Waals surface area contributed by atoms with Gasteiger partial charge in [-0.3, -0.25) is 4.98 Å². The van der Waals surface area contributed by atoms with Crippen molar-refractivity contribution in [1.29, 1.82) is 0 Å². The molecule has 0 unspecified atom stereocenters. The van der Waals surface area contributed by atoms with Gasteiger partial charge in [0.05, 0.1) is 17.8 Å². The van der Waals surface area contributed by atoms with Gasteiger partial charge in [-0.1, -0.05) is 23.7 Å². The van der Waals surface area contributed by atoms with E-state index >= 15 is 0 Å². The molecule has 0 aliphatic carbocycles. The molecule has 1 fully saturated rings. The van der Waals surface area contributed by atoms with E-state index in [0.29, 0.717) is 6.61 Å². The zero-order valence-corrected chi connectivity index (χ0v) is 20.5. The molecule has 0 saturated carbocycles. The van der Waals surface area contributed by atoms with Crippen LogP contribution in [-0.2, 0) is 4.74 Å². The summed E-state index contributed by atoms with van der Waals surface area (Å²) in [5.41, 5.74) is 6.74. The number of hydrogen-bond donors (Lipinski definition) is 1. The Bertz CT molecular complexity index is 1110. The van der Waals surface area contributed by atoms with Crippen LogP contribution in [0.3, 0.4) is 0 Å². The maximum atomic E-state index is 6.45. The molecule has 0 radical (unpaired) electrons. The van der Waals surface area contributed by atoms with Crippen molar-refractivity contribution in [3.63, 3.8) is 0 Å². The van der Waals surface area contributed by atoms with Crippen molar-refractivity contribution in [2.24, 2.45) is 0 Å². The Morgan fingerprint density at radius 2 is 1.97 bits per heavy atom. The third kappa shape index (κ3) is 4.15. The van der Waals surface area contributed by atoms with E-state index in [1.165, 1.54) is 11.3 Å². The third-order valence-electron chi connectivity index (χ3n) is 6.21. The highest BCUT2D eigenvalue weighted by molar-refractivity contribution is 7.80. The van der Waals surface area contributed by atoms with Crippen molar-refractivity contribution in [2.75, 3.05) is 20.3 Å². The van der Waals surface area contributed by atoms with Crippen molar-refractivity contribution < 1.29 is 4.74 Å². The van der Waals surface area contributed by atoms with E-state index in [1.54, 1.807) is 7.11 Å². The van der Waals surface area contributed by atoms with Crippen LogP contribution in [0, 0.1) is 20.8 Å². The second kappa shape index (κ2) is 9.61. The standard InChI is InChI=1S/C25H29ClN4OS/c1-16-15-19(18(3)30(16)22-11-7-9-20(26)17(22)2)24-23(21-10-5-6-12-27-21)28-25(32)29(24)13-8-14-31-4/h5-7,9-12,15,23-24H,8,13-14H2,1-4H3,(H,28,32)/t23-,24+/m0/s1. The number of aryl methyl sites for hydroxylation is 1. The van der Waals surface area contributed by atoms with Crippen LogP contribution in [0.25, 0.3) is 5.69 Å². The van der Waals surface area contributed by atoms with Gasteiger partial charge in [0, 0.05) is 48.6 Å². The minimum absolute atomic E-state index is 0.0272. The number of pyridine rings is 1. The van der Waals surface area contributed by atoms with Crippen LogP contribution in [-0.4, -0.2) is 39.8 Å². The Balaban J connectivity index is 1.82. The highest BCUT2D eigenvalue weighted by atomic mass is 35.5. The molecule has 0 amide bonds. The van der Waals surface area contributed by atoms with Crippen molar-refractivity contribution in [3.8, 4) is 5.69 Å². The van der Waals surface area contributed by atoms with Crippen molar-refractivity contribution in [3.05, 3.63) is 81.9 Å². The molecule has 32 heavy (non-hydrogen) atoms. The number of ether oxygens (including phenoxy) is 1. The summed E-state index contributed by atoms with van der Waals surface area (Å²) in [5.74, 6) is 0. The van der Waals surface area contributed by atoms with E-state index in [0.717, 1.165) is 45.7 Å². The molecule has 1 aliphatic rings. The van der Waals surface area contributed by atoms with Gasteiger partial charge in [0.15, 0.2) is 5.11 Å². The first kappa shape index (κ1) is 22.8. The summed E-state index contributed by atoms with van der Waals surface area (Å²) in [6.45, 7) is 7.89. The van der Waals surface area contributed by atoms with Gasteiger partial charge in [-0.15, -0.1) is 0 Å². The first-order valence-electron chi connectivity index (χ1n) is 10.9. The normalized spacial score (nSPS) is 18.3. The van der Waals surface area contributed by atoms with Crippen molar-refractivity contribution in [1.82, 2.24) is 19.8 Å². The maximum Gasteiger partial charge on any atom is 0.170 e. The van der Waals surface area contributed by atoms with E-state index in [9.17, 15) is 0 Å². The molecule has 0 bridgehead atoms. The molecule has 168 valence electrons. The third-order valence-corrected chi connectivity index (χ3v) is 6.98. The first-order valence-corrected chi connectivity index (χ1v) is 11.6. The number of methoxy groups -OCH3 is 1. The fourth-order valence-electron chi connectivity index (χ4n) is 4.66. The molecular weight excluding hydrogens is 440 g/mol. The number of halogens is 1.